The number of nitrogens with zero attached hydrogens (tertiary/aromatic N) is 1. The van der Waals surface area contributed by atoms with Crippen LogP contribution < -0.4 is 0 Å². The summed E-state index contributed by atoms with van der Waals surface area (Å²) in [6.45, 7) is 12.3. The van der Waals surface area contributed by atoms with E-state index in [0.717, 1.165) is 37.8 Å². The quantitative estimate of drug-likeness (QED) is 0.319. The minimum Gasteiger partial charge on any atom is -0.299 e. The van der Waals surface area contributed by atoms with Crippen LogP contribution in [0.25, 0.3) is 6.08 Å². The maximum absolute atomic E-state index is 13.9. The molecule has 0 amide bonds. The molecule has 1 aromatic heterocycles. The van der Waals surface area contributed by atoms with Gasteiger partial charge in [-0.3, -0.25) is 19.4 Å². The third-order valence-corrected chi connectivity index (χ3v) is 7.20. The Morgan fingerprint density at radius 1 is 1.14 bits per heavy atom. The van der Waals surface area contributed by atoms with Crippen molar-refractivity contribution in [1.82, 2.24) is 4.98 Å². The van der Waals surface area contributed by atoms with Crippen molar-refractivity contribution in [3.05, 3.63) is 59.5 Å². The number of pyridine rings is 1. The lowest BCUT2D eigenvalue weighted by molar-refractivity contribution is -0.140. The maximum Gasteiger partial charge on any atom is 0.205 e. The van der Waals surface area contributed by atoms with Gasteiger partial charge in [-0.05, 0) is 83.4 Å². The van der Waals surface area contributed by atoms with Crippen LogP contribution in [0.1, 0.15) is 98.6 Å². The number of allylic oxidation sites excluding steroid dienone is 5. The first kappa shape index (κ1) is 29.6. The molecule has 0 N–H and O–H groups in total. The predicted molar refractivity (Wildman–Crippen MR) is 148 cm³/mol. The summed E-state index contributed by atoms with van der Waals surface area (Å²) in [5.41, 5.74) is 2.46. The molecule has 4 nitrogen and oxygen atoms in total. The monoisotopic (exact) mass is 491 g/mol. The highest BCUT2D eigenvalue weighted by Gasteiger charge is 2.38. The average Bonchev–Trinajstić information content (AvgIpc) is 2.83. The smallest absolute Gasteiger partial charge is 0.205 e. The summed E-state index contributed by atoms with van der Waals surface area (Å²) in [6.07, 6.45) is 15.3. The maximum atomic E-state index is 13.9. The van der Waals surface area contributed by atoms with Crippen molar-refractivity contribution in [3.63, 3.8) is 0 Å². The number of carbonyl (C=O) groups excluding carboxylic acids is 3. The van der Waals surface area contributed by atoms with Gasteiger partial charge in [0, 0.05) is 29.9 Å². The Kier molecular flexibility index (Phi) is 11.7. The molecule has 196 valence electrons. The normalized spacial score (nSPS) is 26.4. The zero-order chi connectivity index (χ0) is 26.7. The highest BCUT2D eigenvalue weighted by atomic mass is 16.2. The van der Waals surface area contributed by atoms with E-state index in [-0.39, 0.29) is 23.9 Å². The summed E-state index contributed by atoms with van der Waals surface area (Å²) in [5, 5.41) is 0. The van der Waals surface area contributed by atoms with Gasteiger partial charge in [0.1, 0.15) is 5.78 Å². The van der Waals surface area contributed by atoms with E-state index in [4.69, 9.17) is 0 Å². The molecule has 0 saturated heterocycles. The van der Waals surface area contributed by atoms with Gasteiger partial charge in [0.25, 0.3) is 0 Å². The molecule has 0 aromatic carbocycles. The van der Waals surface area contributed by atoms with Crippen LogP contribution in [0.5, 0.6) is 0 Å². The van der Waals surface area contributed by atoms with E-state index in [2.05, 4.69) is 44.8 Å². The molecule has 1 heterocycles. The van der Waals surface area contributed by atoms with Crippen LogP contribution in [0.2, 0.25) is 0 Å². The summed E-state index contributed by atoms with van der Waals surface area (Å²) < 4.78 is 0. The Morgan fingerprint density at radius 3 is 2.56 bits per heavy atom. The van der Waals surface area contributed by atoms with Gasteiger partial charge in [0.15, 0.2) is 5.78 Å². The molecule has 1 aliphatic carbocycles. The van der Waals surface area contributed by atoms with E-state index in [0.29, 0.717) is 18.8 Å². The Morgan fingerprint density at radius 2 is 1.89 bits per heavy atom. The van der Waals surface area contributed by atoms with E-state index >= 15 is 0 Å². The second-order valence-corrected chi connectivity index (χ2v) is 11.5. The molecule has 1 aromatic rings. The molecule has 1 aliphatic rings. The van der Waals surface area contributed by atoms with E-state index in [1.165, 1.54) is 11.1 Å². The molecule has 3 unspecified atom stereocenters. The molecular formula is C32H45NO3. The number of carbonyl (C=O) groups is 3. The van der Waals surface area contributed by atoms with Gasteiger partial charge in [-0.25, -0.2) is 0 Å². The SMILES string of the molecule is CC(C)=CCC1CC(C)CCC/C(C)=C\CCC(=O)C(=O)C(C=Cc2ccccn2)CC(C)(C)C1=O. The molecule has 0 aliphatic heterocycles. The van der Waals surface area contributed by atoms with Gasteiger partial charge in [-0.1, -0.05) is 62.6 Å². The van der Waals surface area contributed by atoms with E-state index < -0.39 is 17.1 Å². The third kappa shape index (κ3) is 9.79. The fourth-order valence-corrected chi connectivity index (χ4v) is 5.04. The second-order valence-electron chi connectivity index (χ2n) is 11.5. The lowest BCUT2D eigenvalue weighted by Crippen LogP contribution is -2.36. The van der Waals surface area contributed by atoms with Gasteiger partial charge in [-0.2, -0.15) is 0 Å². The third-order valence-electron chi connectivity index (χ3n) is 7.20. The van der Waals surface area contributed by atoms with Gasteiger partial charge < -0.3 is 0 Å². The second kappa shape index (κ2) is 14.2. The first-order valence-electron chi connectivity index (χ1n) is 13.5. The van der Waals surface area contributed by atoms with Crippen molar-refractivity contribution in [3.8, 4) is 0 Å². The summed E-state index contributed by atoms with van der Waals surface area (Å²) in [6, 6.07) is 5.58. The van der Waals surface area contributed by atoms with Crippen LogP contribution in [0.3, 0.4) is 0 Å². The molecule has 0 spiro atoms. The zero-order valence-electron chi connectivity index (χ0n) is 23.2. The number of hydrogen-bond donors (Lipinski definition) is 0. The Labute approximate surface area is 218 Å². The number of hydrogen-bond acceptors (Lipinski definition) is 4. The van der Waals surface area contributed by atoms with Crippen molar-refractivity contribution >= 4 is 23.4 Å². The average molecular weight is 492 g/mol. The first-order valence-corrected chi connectivity index (χ1v) is 13.5. The lowest BCUT2D eigenvalue weighted by Gasteiger charge is -2.31. The van der Waals surface area contributed by atoms with Gasteiger partial charge in [0.2, 0.25) is 5.78 Å². The highest BCUT2D eigenvalue weighted by Crippen LogP contribution is 2.35. The molecule has 0 saturated carbocycles. The molecule has 36 heavy (non-hydrogen) atoms. The van der Waals surface area contributed by atoms with Crippen LogP contribution in [-0.2, 0) is 14.4 Å². The minimum atomic E-state index is -0.734. The van der Waals surface area contributed by atoms with Crippen LogP contribution in [0.4, 0.5) is 0 Å². The van der Waals surface area contributed by atoms with Crippen LogP contribution >= 0.6 is 0 Å². The molecule has 2 rings (SSSR count). The first-order chi connectivity index (χ1) is 17.0. The Bertz CT molecular complexity index is 980. The summed E-state index contributed by atoms with van der Waals surface area (Å²) in [4.78, 5) is 44.4. The molecule has 4 heteroatoms. The standard InChI is InChI=1S/C32H45NO3/c1-23(2)16-17-26-21-25(4)13-9-11-24(3)12-10-15-29(34)30(35)27(22-32(5,6)31(26)36)18-19-28-14-7-8-20-33-28/h7-8,12,14,16,18-20,25-27H,9-11,13,15,17,21-22H2,1-6H3/b19-18?,24-12-. The molecule has 0 radical (unpaired) electrons. The summed E-state index contributed by atoms with van der Waals surface area (Å²) in [5.74, 6) is -0.885. The van der Waals surface area contributed by atoms with Crippen LogP contribution in [-0.4, -0.2) is 22.3 Å². The van der Waals surface area contributed by atoms with Crippen molar-refractivity contribution in [2.75, 3.05) is 0 Å². The number of rotatable bonds is 4. The summed E-state index contributed by atoms with van der Waals surface area (Å²) in [7, 11) is 0. The topological polar surface area (TPSA) is 64.1 Å². The van der Waals surface area contributed by atoms with E-state index in [1.807, 2.05) is 32.0 Å². The number of aromatic nitrogens is 1. The van der Waals surface area contributed by atoms with Gasteiger partial charge in [-0.15, -0.1) is 0 Å². The van der Waals surface area contributed by atoms with E-state index in [1.54, 1.807) is 18.3 Å². The van der Waals surface area contributed by atoms with Crippen molar-refractivity contribution in [1.29, 1.82) is 0 Å². The molecule has 0 bridgehead atoms. The molecule has 0 fully saturated rings. The van der Waals surface area contributed by atoms with Crippen molar-refractivity contribution in [2.24, 2.45) is 23.2 Å². The predicted octanol–water partition coefficient (Wildman–Crippen LogP) is 7.74. The molecular weight excluding hydrogens is 446 g/mol. The Hall–Kier alpha value is -2.62. The number of Topliss-reactive ketones (excluding diaryl/α,β-unsaturated/α-hetero) is 3. The highest BCUT2D eigenvalue weighted by molar-refractivity contribution is 6.38. The van der Waals surface area contributed by atoms with Crippen molar-refractivity contribution < 1.29 is 14.4 Å². The van der Waals surface area contributed by atoms with Gasteiger partial charge in [0.05, 0.1) is 5.69 Å². The fourth-order valence-electron chi connectivity index (χ4n) is 5.04. The zero-order valence-corrected chi connectivity index (χ0v) is 23.2. The summed E-state index contributed by atoms with van der Waals surface area (Å²) >= 11 is 0. The van der Waals surface area contributed by atoms with Gasteiger partial charge >= 0.3 is 0 Å². The minimum absolute atomic E-state index is 0.0966. The number of ketones is 3. The lowest BCUT2D eigenvalue weighted by atomic mass is 9.71. The Balaban J connectivity index is 2.42. The molecule has 3 atom stereocenters. The van der Waals surface area contributed by atoms with Crippen LogP contribution in [0, 0.1) is 23.2 Å². The fraction of sp³-hybridized carbons (Fsp3) is 0.562. The largest absolute Gasteiger partial charge is 0.299 e. The van der Waals surface area contributed by atoms with E-state index in [9.17, 15) is 14.4 Å². The van der Waals surface area contributed by atoms with Crippen molar-refractivity contribution in [2.45, 2.75) is 92.9 Å². The van der Waals surface area contributed by atoms with Crippen LogP contribution in [0.15, 0.2) is 53.8 Å².